The minimum absolute atomic E-state index is 0.0711. The summed E-state index contributed by atoms with van der Waals surface area (Å²) in [6, 6.07) is 6.11. The predicted octanol–water partition coefficient (Wildman–Crippen LogP) is 1.87. The Labute approximate surface area is 138 Å². The van der Waals surface area contributed by atoms with Crippen molar-refractivity contribution in [3.63, 3.8) is 0 Å². The number of amides is 1. The number of carbonyl (C=O) groups is 2. The van der Waals surface area contributed by atoms with E-state index in [1.807, 2.05) is 0 Å². The van der Waals surface area contributed by atoms with Gasteiger partial charge in [-0.25, -0.2) is 4.79 Å². The minimum atomic E-state index is -0.745. The van der Waals surface area contributed by atoms with Gasteiger partial charge in [-0.05, 0) is 24.6 Å². The van der Waals surface area contributed by atoms with Crippen LogP contribution < -0.4 is 15.7 Å². The van der Waals surface area contributed by atoms with E-state index in [4.69, 9.17) is 13.9 Å². The second kappa shape index (κ2) is 8.26. The second-order valence-corrected chi connectivity index (χ2v) is 5.08. The molecule has 0 saturated carbocycles. The topological polar surface area (TPSA) is 94.8 Å². The lowest BCUT2D eigenvalue weighted by molar-refractivity contribution is -0.134. The number of hydrogen-bond donors (Lipinski definition) is 1. The highest BCUT2D eigenvalue weighted by molar-refractivity contribution is 5.96. The van der Waals surface area contributed by atoms with Crippen molar-refractivity contribution < 1.29 is 23.5 Å². The molecule has 7 heteroatoms. The maximum atomic E-state index is 12.0. The third-order valence-corrected chi connectivity index (χ3v) is 3.28. The van der Waals surface area contributed by atoms with E-state index in [9.17, 15) is 14.4 Å². The largest absolute Gasteiger partial charge is 0.426 e. The van der Waals surface area contributed by atoms with Crippen LogP contribution in [0.3, 0.4) is 0 Å². The summed E-state index contributed by atoms with van der Waals surface area (Å²) < 4.78 is 15.1. The Balaban J connectivity index is 2.20. The zero-order chi connectivity index (χ0) is 17.5. The molecule has 0 aliphatic carbocycles. The maximum absolute atomic E-state index is 12.0. The van der Waals surface area contributed by atoms with Crippen LogP contribution in [0.2, 0.25) is 0 Å². The number of carbonyl (C=O) groups excluding carboxylic acids is 2. The number of benzene rings is 1. The van der Waals surface area contributed by atoms with E-state index >= 15 is 0 Å². The third kappa shape index (κ3) is 4.42. The number of hydrogen-bond acceptors (Lipinski definition) is 6. The van der Waals surface area contributed by atoms with E-state index in [-0.39, 0.29) is 29.3 Å². The molecule has 0 spiro atoms. The molecule has 7 nitrogen and oxygen atoms in total. The van der Waals surface area contributed by atoms with Crippen molar-refractivity contribution in [2.75, 3.05) is 20.3 Å². The minimum Gasteiger partial charge on any atom is -0.426 e. The molecular weight excluding hydrogens is 314 g/mol. The number of esters is 1. The Morgan fingerprint density at radius 1 is 1.25 bits per heavy atom. The summed E-state index contributed by atoms with van der Waals surface area (Å²) in [7, 11) is 1.58. The van der Waals surface area contributed by atoms with Gasteiger partial charge in [-0.2, -0.15) is 0 Å². The van der Waals surface area contributed by atoms with Crippen molar-refractivity contribution in [2.24, 2.45) is 0 Å². The van der Waals surface area contributed by atoms with Gasteiger partial charge in [0.05, 0.1) is 0 Å². The molecule has 128 valence electrons. The van der Waals surface area contributed by atoms with Gasteiger partial charge in [0.1, 0.15) is 16.9 Å². The van der Waals surface area contributed by atoms with Crippen molar-refractivity contribution in [3.8, 4) is 5.75 Å². The summed E-state index contributed by atoms with van der Waals surface area (Å²) in [4.78, 5) is 35.3. The molecule has 1 N–H and O–H groups in total. The fraction of sp³-hybridized carbons (Fsp3) is 0.353. The van der Waals surface area contributed by atoms with Crippen LogP contribution in [0.4, 0.5) is 0 Å². The number of rotatable bonds is 7. The zero-order valence-electron chi connectivity index (χ0n) is 13.6. The third-order valence-electron chi connectivity index (χ3n) is 3.28. The molecule has 0 fully saturated rings. The van der Waals surface area contributed by atoms with Gasteiger partial charge >= 0.3 is 11.6 Å². The first kappa shape index (κ1) is 17.7. The molecule has 24 heavy (non-hydrogen) atoms. The average Bonchev–Trinajstić information content (AvgIpc) is 2.57. The monoisotopic (exact) mass is 333 g/mol. The van der Waals surface area contributed by atoms with Gasteiger partial charge in [-0.15, -0.1) is 0 Å². The molecule has 0 aliphatic heterocycles. The Morgan fingerprint density at radius 2 is 2.04 bits per heavy atom. The molecule has 0 unspecified atom stereocenters. The van der Waals surface area contributed by atoms with Gasteiger partial charge in [0.2, 0.25) is 0 Å². The Hall–Kier alpha value is -2.67. The molecule has 1 amide bonds. The number of methoxy groups -OCH3 is 1. The lowest BCUT2D eigenvalue weighted by Gasteiger charge is -2.06. The lowest BCUT2D eigenvalue weighted by Crippen LogP contribution is -2.29. The molecule has 0 radical (unpaired) electrons. The highest BCUT2D eigenvalue weighted by Gasteiger charge is 2.14. The molecule has 0 atom stereocenters. The average molecular weight is 333 g/mol. The van der Waals surface area contributed by atoms with Crippen LogP contribution in [0.5, 0.6) is 5.75 Å². The highest BCUT2D eigenvalue weighted by atomic mass is 16.5. The molecule has 0 aliphatic rings. The molecule has 2 aromatic rings. The van der Waals surface area contributed by atoms with Crippen molar-refractivity contribution in [2.45, 2.75) is 19.8 Å². The molecule has 1 heterocycles. The van der Waals surface area contributed by atoms with Crippen LogP contribution in [0.1, 0.15) is 30.1 Å². The molecule has 1 aromatic heterocycles. The summed E-state index contributed by atoms with van der Waals surface area (Å²) in [5, 5.41) is 3.20. The Kier molecular flexibility index (Phi) is 6.08. The van der Waals surface area contributed by atoms with Crippen LogP contribution in [-0.2, 0) is 9.53 Å². The summed E-state index contributed by atoms with van der Waals surface area (Å²) in [5.74, 6) is -0.596. The Bertz CT molecular complexity index is 795. The van der Waals surface area contributed by atoms with Crippen molar-refractivity contribution in [3.05, 3.63) is 40.2 Å². The van der Waals surface area contributed by atoms with Crippen LogP contribution in [-0.4, -0.2) is 32.1 Å². The summed E-state index contributed by atoms with van der Waals surface area (Å²) in [5.41, 5.74) is -0.568. The van der Waals surface area contributed by atoms with Crippen LogP contribution in [0.25, 0.3) is 11.0 Å². The predicted molar refractivity (Wildman–Crippen MR) is 87.2 cm³/mol. The van der Waals surface area contributed by atoms with Crippen LogP contribution >= 0.6 is 0 Å². The molecule has 1 aromatic carbocycles. The van der Waals surface area contributed by atoms with Crippen molar-refractivity contribution >= 4 is 22.8 Å². The first-order valence-corrected chi connectivity index (χ1v) is 7.61. The van der Waals surface area contributed by atoms with E-state index in [2.05, 4.69) is 5.32 Å². The summed E-state index contributed by atoms with van der Waals surface area (Å²) in [6.45, 7) is 2.60. The highest BCUT2D eigenvalue weighted by Crippen LogP contribution is 2.21. The van der Waals surface area contributed by atoms with E-state index in [1.165, 1.54) is 12.1 Å². The van der Waals surface area contributed by atoms with Crippen molar-refractivity contribution in [1.82, 2.24) is 5.32 Å². The normalized spacial score (nSPS) is 10.6. The van der Waals surface area contributed by atoms with Crippen molar-refractivity contribution in [1.29, 1.82) is 0 Å². The summed E-state index contributed by atoms with van der Waals surface area (Å²) in [6.07, 6.45) is 0.886. The van der Waals surface area contributed by atoms with Crippen LogP contribution in [0.15, 0.2) is 33.5 Å². The molecule has 2 rings (SSSR count). The molecular formula is C17H19NO6. The molecule has 0 saturated heterocycles. The van der Waals surface area contributed by atoms with Gasteiger partial charge in [0, 0.05) is 38.1 Å². The van der Waals surface area contributed by atoms with E-state index < -0.39 is 11.5 Å². The van der Waals surface area contributed by atoms with E-state index in [0.717, 1.165) is 0 Å². The van der Waals surface area contributed by atoms with Gasteiger partial charge < -0.3 is 19.2 Å². The fourth-order valence-corrected chi connectivity index (χ4v) is 2.03. The fourth-order valence-electron chi connectivity index (χ4n) is 2.03. The van der Waals surface area contributed by atoms with E-state index in [1.54, 1.807) is 26.2 Å². The first-order chi connectivity index (χ1) is 11.5. The SMILES string of the molecule is CCC(=O)Oc1ccc2cc(C(=O)NCCCOC)c(=O)oc2c1. The Morgan fingerprint density at radius 3 is 2.75 bits per heavy atom. The van der Waals surface area contributed by atoms with Crippen LogP contribution in [0, 0.1) is 0 Å². The maximum Gasteiger partial charge on any atom is 0.349 e. The van der Waals surface area contributed by atoms with E-state index in [0.29, 0.717) is 25.0 Å². The quantitative estimate of drug-likeness (QED) is 0.360. The smallest absolute Gasteiger partial charge is 0.349 e. The van der Waals surface area contributed by atoms with Gasteiger partial charge in [0.25, 0.3) is 5.91 Å². The zero-order valence-corrected chi connectivity index (χ0v) is 13.6. The van der Waals surface area contributed by atoms with Gasteiger partial charge in [-0.1, -0.05) is 6.92 Å². The lowest BCUT2D eigenvalue weighted by atomic mass is 10.1. The number of fused-ring (bicyclic) bond motifs is 1. The number of ether oxygens (including phenoxy) is 2. The first-order valence-electron chi connectivity index (χ1n) is 7.61. The second-order valence-electron chi connectivity index (χ2n) is 5.08. The molecule has 0 bridgehead atoms. The van der Waals surface area contributed by atoms with Gasteiger partial charge in [-0.3, -0.25) is 9.59 Å². The van der Waals surface area contributed by atoms with Gasteiger partial charge in [0.15, 0.2) is 0 Å². The standard InChI is InChI=1S/C17H19NO6/c1-3-15(19)23-12-6-5-11-9-13(17(21)24-14(11)10-12)16(20)18-7-4-8-22-2/h5-6,9-10H,3-4,7-8H2,1-2H3,(H,18,20). The summed E-state index contributed by atoms with van der Waals surface area (Å²) >= 11 is 0. The number of nitrogens with one attached hydrogen (secondary N) is 1.